The highest BCUT2D eigenvalue weighted by Gasteiger charge is 2.17. The molecule has 4 rings (SSSR count). The molecule has 0 radical (unpaired) electrons. The first kappa shape index (κ1) is 19.7. The molecule has 8 heteroatoms. The van der Waals surface area contributed by atoms with Gasteiger partial charge in [0, 0.05) is 28.4 Å². The number of aryl methyl sites for hydroxylation is 2. The van der Waals surface area contributed by atoms with Crippen LogP contribution in [0.15, 0.2) is 57.9 Å². The lowest BCUT2D eigenvalue weighted by molar-refractivity contribution is 0.102. The van der Waals surface area contributed by atoms with Crippen molar-refractivity contribution in [2.75, 3.05) is 5.75 Å². The van der Waals surface area contributed by atoms with Crippen molar-refractivity contribution < 1.29 is 9.21 Å². The predicted octanol–water partition coefficient (Wildman–Crippen LogP) is 4.62. The van der Waals surface area contributed by atoms with E-state index in [0.29, 0.717) is 17.5 Å². The maximum absolute atomic E-state index is 12.9. The summed E-state index contributed by atoms with van der Waals surface area (Å²) in [7, 11) is 0. The molecule has 4 heterocycles. The molecule has 0 atom stereocenters. The van der Waals surface area contributed by atoms with Crippen LogP contribution in [0.2, 0.25) is 0 Å². The summed E-state index contributed by atoms with van der Waals surface area (Å²) in [5, 5.41) is 10.9. The number of rotatable bonds is 9. The highest BCUT2D eigenvalue weighted by molar-refractivity contribution is 7.99. The van der Waals surface area contributed by atoms with E-state index in [2.05, 4.69) is 39.2 Å². The Labute approximate surface area is 177 Å². The molecule has 0 N–H and O–H groups in total. The van der Waals surface area contributed by atoms with E-state index in [1.807, 2.05) is 29.7 Å². The van der Waals surface area contributed by atoms with E-state index in [-0.39, 0.29) is 5.78 Å². The minimum Gasteiger partial charge on any atom is -0.467 e. The fourth-order valence-corrected chi connectivity index (χ4v) is 4.84. The lowest BCUT2D eigenvalue weighted by atomic mass is 10.2. The minimum atomic E-state index is 0.109. The van der Waals surface area contributed by atoms with Gasteiger partial charge in [0.05, 0.1) is 18.6 Å². The van der Waals surface area contributed by atoms with Crippen molar-refractivity contribution >= 4 is 28.9 Å². The number of furan rings is 1. The maximum atomic E-state index is 12.9. The monoisotopic (exact) mass is 426 g/mol. The summed E-state index contributed by atoms with van der Waals surface area (Å²) in [6, 6.07) is 9.99. The van der Waals surface area contributed by atoms with E-state index in [1.165, 1.54) is 16.6 Å². The summed E-state index contributed by atoms with van der Waals surface area (Å²) in [4.78, 5) is 14.2. The Morgan fingerprint density at radius 1 is 1.28 bits per heavy atom. The molecule has 0 amide bonds. The molecule has 6 nitrogen and oxygen atoms in total. The number of thiophene rings is 1. The standard InChI is InChI=1S/C21H22N4O2S2/c1-15-11-19(16(2)25(15)8-7-18-6-4-10-28-18)20(26)13-29-21-23-22-14-24(21)12-17-5-3-9-27-17/h3-6,9-11,14H,7-8,12-13H2,1-2H3. The zero-order chi connectivity index (χ0) is 20.2. The van der Waals surface area contributed by atoms with Crippen LogP contribution in [0, 0.1) is 13.8 Å². The molecule has 0 saturated heterocycles. The molecule has 0 saturated carbocycles. The van der Waals surface area contributed by atoms with Crippen LogP contribution in [-0.4, -0.2) is 30.9 Å². The number of hydrogen-bond donors (Lipinski definition) is 0. The topological polar surface area (TPSA) is 65.8 Å². The van der Waals surface area contributed by atoms with E-state index < -0.39 is 0 Å². The van der Waals surface area contributed by atoms with Crippen molar-refractivity contribution in [1.82, 2.24) is 19.3 Å². The van der Waals surface area contributed by atoms with Gasteiger partial charge in [0.2, 0.25) is 0 Å². The van der Waals surface area contributed by atoms with Crippen LogP contribution in [0.25, 0.3) is 0 Å². The van der Waals surface area contributed by atoms with Crippen LogP contribution in [-0.2, 0) is 19.5 Å². The zero-order valence-electron chi connectivity index (χ0n) is 16.4. The van der Waals surface area contributed by atoms with E-state index in [4.69, 9.17) is 4.42 Å². The van der Waals surface area contributed by atoms with Crippen molar-refractivity contribution in [3.05, 3.63) is 75.9 Å². The van der Waals surface area contributed by atoms with Gasteiger partial charge in [0.25, 0.3) is 0 Å². The first-order valence-corrected chi connectivity index (χ1v) is 11.2. The summed E-state index contributed by atoms with van der Waals surface area (Å²) in [5.41, 5.74) is 2.94. The Balaban J connectivity index is 1.40. The van der Waals surface area contributed by atoms with Crippen molar-refractivity contribution in [2.24, 2.45) is 0 Å². The van der Waals surface area contributed by atoms with Crippen LogP contribution in [0.3, 0.4) is 0 Å². The van der Waals surface area contributed by atoms with Gasteiger partial charge >= 0.3 is 0 Å². The summed E-state index contributed by atoms with van der Waals surface area (Å²) in [6.45, 7) is 5.52. The second kappa shape index (κ2) is 8.84. The van der Waals surface area contributed by atoms with Crippen LogP contribution >= 0.6 is 23.1 Å². The van der Waals surface area contributed by atoms with E-state index >= 15 is 0 Å². The van der Waals surface area contributed by atoms with Crippen molar-refractivity contribution in [1.29, 1.82) is 0 Å². The van der Waals surface area contributed by atoms with Crippen LogP contribution in [0.1, 0.15) is 32.4 Å². The normalized spacial score (nSPS) is 11.2. The van der Waals surface area contributed by atoms with E-state index in [1.54, 1.807) is 23.9 Å². The minimum absolute atomic E-state index is 0.109. The lowest BCUT2D eigenvalue weighted by Gasteiger charge is -2.09. The third-order valence-electron chi connectivity index (χ3n) is 4.85. The Bertz CT molecular complexity index is 1080. The Hall–Kier alpha value is -2.58. The first-order chi connectivity index (χ1) is 14.1. The molecule has 0 unspecified atom stereocenters. The molecular weight excluding hydrogens is 404 g/mol. The van der Waals surface area contributed by atoms with Gasteiger partial charge < -0.3 is 13.6 Å². The highest BCUT2D eigenvalue weighted by atomic mass is 32.2. The van der Waals surface area contributed by atoms with Crippen LogP contribution < -0.4 is 0 Å². The number of ketones is 1. The molecule has 0 spiro atoms. The number of carbonyl (C=O) groups excluding carboxylic acids is 1. The second-order valence-electron chi connectivity index (χ2n) is 6.80. The number of aromatic nitrogens is 4. The van der Waals surface area contributed by atoms with Gasteiger partial charge in [-0.25, -0.2) is 0 Å². The Morgan fingerprint density at radius 3 is 2.93 bits per heavy atom. The molecule has 0 aromatic carbocycles. The molecule has 4 aromatic rings. The maximum Gasteiger partial charge on any atom is 0.191 e. The number of nitrogens with zero attached hydrogens (tertiary/aromatic N) is 4. The van der Waals surface area contributed by atoms with Crippen LogP contribution in [0.4, 0.5) is 0 Å². The lowest BCUT2D eigenvalue weighted by Crippen LogP contribution is -2.08. The molecule has 0 aliphatic carbocycles. The van der Waals surface area contributed by atoms with Gasteiger partial charge in [0.15, 0.2) is 10.9 Å². The predicted molar refractivity (Wildman–Crippen MR) is 115 cm³/mol. The highest BCUT2D eigenvalue weighted by Crippen LogP contribution is 2.22. The molecule has 150 valence electrons. The SMILES string of the molecule is Cc1cc(C(=O)CSc2nncn2Cc2ccco2)c(C)n1CCc1cccs1. The average molecular weight is 427 g/mol. The average Bonchev–Trinajstić information content (AvgIpc) is 3.49. The summed E-state index contributed by atoms with van der Waals surface area (Å²) >= 11 is 3.17. The molecule has 0 bridgehead atoms. The van der Waals surface area contributed by atoms with Gasteiger partial charge in [-0.05, 0) is 49.9 Å². The number of carbonyl (C=O) groups is 1. The fourth-order valence-electron chi connectivity index (χ4n) is 3.35. The summed E-state index contributed by atoms with van der Waals surface area (Å²) in [6.07, 6.45) is 4.28. The fraction of sp³-hybridized carbons (Fsp3) is 0.286. The van der Waals surface area contributed by atoms with Crippen molar-refractivity contribution in [3.8, 4) is 0 Å². The Morgan fingerprint density at radius 2 is 2.17 bits per heavy atom. The van der Waals surface area contributed by atoms with E-state index in [0.717, 1.165) is 35.7 Å². The van der Waals surface area contributed by atoms with Crippen LogP contribution in [0.5, 0.6) is 0 Å². The third kappa shape index (κ3) is 4.54. The third-order valence-corrected chi connectivity index (χ3v) is 6.77. The number of hydrogen-bond acceptors (Lipinski definition) is 6. The second-order valence-corrected chi connectivity index (χ2v) is 8.77. The van der Waals surface area contributed by atoms with Gasteiger partial charge in [-0.2, -0.15) is 0 Å². The first-order valence-electron chi connectivity index (χ1n) is 9.37. The number of thioether (sulfide) groups is 1. The summed E-state index contributed by atoms with van der Waals surface area (Å²) < 4.78 is 9.51. The van der Waals surface area contributed by atoms with Gasteiger partial charge in [-0.15, -0.1) is 21.5 Å². The molecule has 29 heavy (non-hydrogen) atoms. The molecule has 0 aliphatic rings. The van der Waals surface area contributed by atoms with Gasteiger partial charge in [-0.3, -0.25) is 4.79 Å². The van der Waals surface area contributed by atoms with E-state index in [9.17, 15) is 4.79 Å². The Kier molecular flexibility index (Phi) is 6.01. The largest absolute Gasteiger partial charge is 0.467 e. The smallest absolute Gasteiger partial charge is 0.191 e. The van der Waals surface area contributed by atoms with Crippen molar-refractivity contribution in [3.63, 3.8) is 0 Å². The molecule has 0 aliphatic heterocycles. The molecule has 4 aromatic heterocycles. The molecule has 0 fully saturated rings. The zero-order valence-corrected chi connectivity index (χ0v) is 18.0. The quantitative estimate of drug-likeness (QED) is 0.289. The summed E-state index contributed by atoms with van der Waals surface area (Å²) in [5.74, 6) is 1.26. The van der Waals surface area contributed by atoms with Gasteiger partial charge in [-0.1, -0.05) is 17.8 Å². The van der Waals surface area contributed by atoms with Gasteiger partial charge in [0.1, 0.15) is 12.1 Å². The van der Waals surface area contributed by atoms with Crippen molar-refractivity contribution in [2.45, 2.75) is 38.5 Å². The number of Topliss-reactive ketones (excluding diaryl/α,β-unsaturated/α-hetero) is 1. The molecular formula is C21H22N4O2S2.